The molecular formula is C58H38N2. The van der Waals surface area contributed by atoms with E-state index in [1.54, 1.807) is 0 Å². The molecule has 0 atom stereocenters. The molecule has 0 unspecified atom stereocenters. The minimum absolute atomic E-state index is 1.10. The third kappa shape index (κ3) is 5.50. The maximum atomic E-state index is 2.39. The summed E-state index contributed by atoms with van der Waals surface area (Å²) in [5.41, 5.74) is 11.7. The van der Waals surface area contributed by atoms with Gasteiger partial charge in [0, 0.05) is 33.5 Å². The van der Waals surface area contributed by atoms with Crippen LogP contribution >= 0.6 is 0 Å². The molecular weight excluding hydrogens is 725 g/mol. The summed E-state index contributed by atoms with van der Waals surface area (Å²) in [7, 11) is 0. The largest absolute Gasteiger partial charge is 0.311 e. The maximum absolute atomic E-state index is 2.39. The minimum atomic E-state index is 1.10. The van der Waals surface area contributed by atoms with Crippen LogP contribution in [0.2, 0.25) is 0 Å². The highest BCUT2D eigenvalue weighted by Crippen LogP contribution is 2.43. The van der Waals surface area contributed by atoms with Crippen LogP contribution < -0.4 is 4.90 Å². The molecule has 2 nitrogen and oxygen atoms in total. The van der Waals surface area contributed by atoms with Gasteiger partial charge in [-0.2, -0.15) is 0 Å². The SMILES string of the molecule is c1ccc(N(c2ccc(-c3cccc(-c4cc5ccc6ccccc6c5c5c4ccc4ccccc45)c3)cc2)c2ccc(-n3c4ccccc4c4ccccc43)cc2)cc1. The highest BCUT2D eigenvalue weighted by atomic mass is 15.1. The Balaban J connectivity index is 0.938. The van der Waals surface area contributed by atoms with Crippen LogP contribution in [0.5, 0.6) is 0 Å². The van der Waals surface area contributed by atoms with Crippen molar-refractivity contribution < 1.29 is 0 Å². The van der Waals surface area contributed by atoms with E-state index >= 15 is 0 Å². The zero-order chi connectivity index (χ0) is 39.6. The van der Waals surface area contributed by atoms with Crippen molar-refractivity contribution in [1.29, 1.82) is 0 Å². The van der Waals surface area contributed by atoms with E-state index < -0.39 is 0 Å². The monoisotopic (exact) mass is 762 g/mol. The number of fused-ring (bicyclic) bond motifs is 10. The van der Waals surface area contributed by atoms with Crippen molar-refractivity contribution in [3.63, 3.8) is 0 Å². The van der Waals surface area contributed by atoms with E-state index in [1.807, 2.05) is 0 Å². The van der Waals surface area contributed by atoms with Crippen molar-refractivity contribution in [1.82, 2.24) is 4.57 Å². The summed E-state index contributed by atoms with van der Waals surface area (Å²) in [5.74, 6) is 0. The molecule has 0 saturated carbocycles. The van der Waals surface area contributed by atoms with Crippen LogP contribution in [0.15, 0.2) is 231 Å². The van der Waals surface area contributed by atoms with E-state index in [-0.39, 0.29) is 0 Å². The second kappa shape index (κ2) is 13.9. The Labute approximate surface area is 348 Å². The molecule has 1 aromatic heterocycles. The number of benzene rings is 11. The van der Waals surface area contributed by atoms with Crippen LogP contribution in [-0.2, 0) is 0 Å². The molecule has 0 saturated heterocycles. The van der Waals surface area contributed by atoms with Gasteiger partial charge in [-0.1, -0.05) is 158 Å². The number of nitrogens with zero attached hydrogens (tertiary/aromatic N) is 2. The maximum Gasteiger partial charge on any atom is 0.0541 e. The fourth-order valence-corrected chi connectivity index (χ4v) is 9.57. The van der Waals surface area contributed by atoms with E-state index in [9.17, 15) is 0 Å². The topological polar surface area (TPSA) is 8.17 Å². The van der Waals surface area contributed by atoms with Gasteiger partial charge in [-0.15, -0.1) is 0 Å². The van der Waals surface area contributed by atoms with Crippen LogP contribution in [0.3, 0.4) is 0 Å². The van der Waals surface area contributed by atoms with Crippen molar-refractivity contribution in [3.8, 4) is 27.9 Å². The van der Waals surface area contributed by atoms with Crippen LogP contribution in [0, 0.1) is 0 Å². The quantitative estimate of drug-likeness (QED) is 0.153. The summed E-state index contributed by atoms with van der Waals surface area (Å²) in [6, 6.07) is 84.1. The van der Waals surface area contributed by atoms with Gasteiger partial charge in [0.05, 0.1) is 11.0 Å². The third-order valence-corrected chi connectivity index (χ3v) is 12.3. The molecule has 0 spiro atoms. The molecule has 12 rings (SSSR count). The van der Waals surface area contributed by atoms with Crippen molar-refractivity contribution >= 4 is 82.0 Å². The lowest BCUT2D eigenvalue weighted by Gasteiger charge is -2.26. The molecule has 0 aliphatic rings. The van der Waals surface area contributed by atoms with E-state index in [2.05, 4.69) is 240 Å². The van der Waals surface area contributed by atoms with Gasteiger partial charge in [0.15, 0.2) is 0 Å². The molecule has 0 aliphatic carbocycles. The predicted molar refractivity (Wildman–Crippen MR) is 256 cm³/mol. The molecule has 1 heterocycles. The summed E-state index contributed by atoms with van der Waals surface area (Å²) in [4.78, 5) is 2.34. The Morgan fingerprint density at radius 1 is 0.283 bits per heavy atom. The fraction of sp³-hybridized carbons (Fsp3) is 0. The van der Waals surface area contributed by atoms with Crippen molar-refractivity contribution in [3.05, 3.63) is 231 Å². The Morgan fingerprint density at radius 2 is 0.800 bits per heavy atom. The van der Waals surface area contributed by atoms with Gasteiger partial charge < -0.3 is 9.47 Å². The molecule has 280 valence electrons. The van der Waals surface area contributed by atoms with Crippen LogP contribution in [0.1, 0.15) is 0 Å². The molecule has 0 aliphatic heterocycles. The van der Waals surface area contributed by atoms with Crippen molar-refractivity contribution in [2.45, 2.75) is 0 Å². The highest BCUT2D eigenvalue weighted by Gasteiger charge is 2.17. The van der Waals surface area contributed by atoms with Gasteiger partial charge in [0.2, 0.25) is 0 Å². The zero-order valence-corrected chi connectivity index (χ0v) is 32.8. The van der Waals surface area contributed by atoms with Crippen LogP contribution in [0.25, 0.3) is 92.8 Å². The molecule has 60 heavy (non-hydrogen) atoms. The lowest BCUT2D eigenvalue weighted by atomic mass is 9.87. The average molecular weight is 763 g/mol. The highest BCUT2D eigenvalue weighted by molar-refractivity contribution is 6.30. The zero-order valence-electron chi connectivity index (χ0n) is 32.8. The van der Waals surface area contributed by atoms with E-state index in [0.717, 1.165) is 22.7 Å². The molecule has 0 radical (unpaired) electrons. The minimum Gasteiger partial charge on any atom is -0.311 e. The Hall–Kier alpha value is -7.94. The van der Waals surface area contributed by atoms with Gasteiger partial charge in [0.25, 0.3) is 0 Å². The summed E-state index contributed by atoms with van der Waals surface area (Å²) in [6.07, 6.45) is 0. The normalized spacial score (nSPS) is 11.7. The number of rotatable bonds is 6. The van der Waals surface area contributed by atoms with E-state index in [0.29, 0.717) is 0 Å². The molecule has 12 aromatic rings. The van der Waals surface area contributed by atoms with E-state index in [4.69, 9.17) is 0 Å². The van der Waals surface area contributed by atoms with Gasteiger partial charge >= 0.3 is 0 Å². The predicted octanol–water partition coefficient (Wildman–Crippen LogP) is 16.2. The Bertz CT molecular complexity index is 3530. The second-order valence-electron chi connectivity index (χ2n) is 15.7. The number of anilines is 3. The number of para-hydroxylation sites is 3. The number of hydrogen-bond donors (Lipinski definition) is 0. The number of hydrogen-bond acceptors (Lipinski definition) is 1. The summed E-state index contributed by atoms with van der Waals surface area (Å²) in [5, 5.41) is 12.8. The molecule has 2 heteroatoms. The first-order chi connectivity index (χ1) is 29.8. The first-order valence-corrected chi connectivity index (χ1v) is 20.7. The van der Waals surface area contributed by atoms with Crippen molar-refractivity contribution in [2.75, 3.05) is 4.90 Å². The lowest BCUT2D eigenvalue weighted by molar-refractivity contribution is 1.17. The molecule has 0 bridgehead atoms. The van der Waals surface area contributed by atoms with Crippen LogP contribution in [0.4, 0.5) is 17.1 Å². The van der Waals surface area contributed by atoms with Gasteiger partial charge in [0.1, 0.15) is 0 Å². The smallest absolute Gasteiger partial charge is 0.0541 e. The van der Waals surface area contributed by atoms with Crippen molar-refractivity contribution in [2.24, 2.45) is 0 Å². The molecule has 0 amide bonds. The van der Waals surface area contributed by atoms with Gasteiger partial charge in [-0.25, -0.2) is 0 Å². The molecule has 11 aromatic carbocycles. The van der Waals surface area contributed by atoms with Crippen LogP contribution in [-0.4, -0.2) is 4.57 Å². The Kier molecular flexibility index (Phi) is 7.89. The molecule has 0 N–H and O–H groups in total. The first kappa shape index (κ1) is 34.1. The summed E-state index contributed by atoms with van der Waals surface area (Å²) in [6.45, 7) is 0. The molecule has 0 fully saturated rings. The third-order valence-electron chi connectivity index (χ3n) is 12.3. The fourth-order valence-electron chi connectivity index (χ4n) is 9.57. The van der Waals surface area contributed by atoms with Gasteiger partial charge in [-0.05, 0) is 138 Å². The lowest BCUT2D eigenvalue weighted by Crippen LogP contribution is -2.10. The standard InChI is InChI=1S/C58H38N2/c1-2-17-45(18-3-1)59(47-32-34-48(35-33-47)60-55-23-10-8-21-51(55)52-22-9-11-24-56(52)60)46-30-27-39(28-31-46)42-15-12-16-43(37-42)54-38-44-26-25-40-13-4-6-19-49(40)57(44)58-50-20-7-5-14-41(50)29-36-53(54)58/h1-38H. The van der Waals surface area contributed by atoms with Gasteiger partial charge in [-0.3, -0.25) is 0 Å². The van der Waals surface area contributed by atoms with E-state index in [1.165, 1.54) is 87.1 Å². The number of aromatic nitrogens is 1. The summed E-state index contributed by atoms with van der Waals surface area (Å²) < 4.78 is 2.37. The average Bonchev–Trinajstić information content (AvgIpc) is 3.66. The second-order valence-corrected chi connectivity index (χ2v) is 15.7. The first-order valence-electron chi connectivity index (χ1n) is 20.7. The Morgan fingerprint density at radius 3 is 1.48 bits per heavy atom. The summed E-state index contributed by atoms with van der Waals surface area (Å²) >= 11 is 0.